The maximum absolute atomic E-state index is 13.3. The van der Waals surface area contributed by atoms with Crippen molar-refractivity contribution < 1.29 is 22.3 Å². The van der Waals surface area contributed by atoms with Crippen LogP contribution in [0, 0.1) is 23.3 Å². The molecular formula is C9H8BF4NO. The van der Waals surface area contributed by atoms with Gasteiger partial charge in [-0.15, -0.1) is 0 Å². The lowest BCUT2D eigenvalue weighted by Gasteiger charge is -2.28. The number of hydrogen-bond donors (Lipinski definition) is 1. The van der Waals surface area contributed by atoms with E-state index in [2.05, 4.69) is 5.32 Å². The summed E-state index contributed by atoms with van der Waals surface area (Å²) in [6.45, 7) is 0.798. The Morgan fingerprint density at radius 3 is 1.88 bits per heavy atom. The second-order valence-electron chi connectivity index (χ2n) is 3.61. The minimum Gasteiger partial charge on any atom is -0.482 e. The Hall–Kier alpha value is -1.24. The van der Waals surface area contributed by atoms with Gasteiger partial charge in [-0.2, -0.15) is 8.78 Å². The van der Waals surface area contributed by atoms with E-state index in [9.17, 15) is 17.6 Å². The van der Waals surface area contributed by atoms with Gasteiger partial charge in [0.1, 0.15) is 14.0 Å². The molecule has 86 valence electrons. The van der Waals surface area contributed by atoms with Gasteiger partial charge in [0.15, 0.2) is 17.4 Å². The molecule has 0 bridgehead atoms. The van der Waals surface area contributed by atoms with E-state index in [0.29, 0.717) is 13.1 Å². The van der Waals surface area contributed by atoms with Crippen molar-refractivity contribution in [2.24, 2.45) is 0 Å². The third kappa shape index (κ3) is 1.65. The highest BCUT2D eigenvalue weighted by molar-refractivity contribution is 6.32. The predicted octanol–water partition coefficient (Wildman–Crippen LogP) is -0.148. The lowest BCUT2D eigenvalue weighted by molar-refractivity contribution is 0.127. The van der Waals surface area contributed by atoms with Crippen molar-refractivity contribution in [3.05, 3.63) is 23.3 Å². The summed E-state index contributed by atoms with van der Waals surface area (Å²) in [5.74, 6) is -6.78. The molecule has 1 fully saturated rings. The standard InChI is InChI=1S/C9H8BF4NO/c10-4-5(11)7(13)9(8(14)6(4)12)16-3-1-15-2-3/h3,15H,1-2,10H2. The van der Waals surface area contributed by atoms with Gasteiger partial charge in [0.05, 0.1) is 0 Å². The third-order valence-corrected chi connectivity index (χ3v) is 2.47. The summed E-state index contributed by atoms with van der Waals surface area (Å²) in [5, 5.41) is 2.80. The largest absolute Gasteiger partial charge is 0.482 e. The highest BCUT2D eigenvalue weighted by Crippen LogP contribution is 2.26. The topological polar surface area (TPSA) is 21.3 Å². The summed E-state index contributed by atoms with van der Waals surface area (Å²) in [4.78, 5) is 0. The number of halogens is 4. The van der Waals surface area contributed by atoms with Gasteiger partial charge in [-0.05, 0) is 5.46 Å². The first kappa shape index (κ1) is 11.3. The van der Waals surface area contributed by atoms with Crippen LogP contribution in [0.2, 0.25) is 0 Å². The summed E-state index contributed by atoms with van der Waals surface area (Å²) in [6, 6.07) is 0. The molecule has 0 unspecified atom stereocenters. The Balaban J connectivity index is 2.42. The van der Waals surface area contributed by atoms with Crippen molar-refractivity contribution in [1.82, 2.24) is 5.32 Å². The molecule has 1 aromatic rings. The minimum absolute atomic E-state index is 0.399. The first-order valence-electron chi connectivity index (χ1n) is 4.72. The SMILES string of the molecule is Bc1c(F)c(F)c(OC2CNC2)c(F)c1F. The van der Waals surface area contributed by atoms with Gasteiger partial charge in [0.25, 0.3) is 0 Å². The zero-order valence-electron chi connectivity index (χ0n) is 8.41. The molecule has 16 heavy (non-hydrogen) atoms. The van der Waals surface area contributed by atoms with Crippen molar-refractivity contribution in [2.45, 2.75) is 6.10 Å². The molecule has 1 aliphatic heterocycles. The van der Waals surface area contributed by atoms with Gasteiger partial charge >= 0.3 is 0 Å². The fourth-order valence-electron chi connectivity index (χ4n) is 1.34. The average molecular weight is 233 g/mol. The molecule has 0 amide bonds. The van der Waals surface area contributed by atoms with Gasteiger partial charge in [0.2, 0.25) is 11.6 Å². The van der Waals surface area contributed by atoms with Crippen molar-refractivity contribution in [1.29, 1.82) is 0 Å². The molecular weight excluding hydrogens is 225 g/mol. The van der Waals surface area contributed by atoms with E-state index >= 15 is 0 Å². The highest BCUT2D eigenvalue weighted by Gasteiger charge is 2.28. The Kier molecular flexibility index (Phi) is 2.79. The van der Waals surface area contributed by atoms with Gasteiger partial charge in [0, 0.05) is 13.1 Å². The zero-order chi connectivity index (χ0) is 11.9. The Morgan fingerprint density at radius 2 is 1.50 bits per heavy atom. The monoisotopic (exact) mass is 233 g/mol. The van der Waals surface area contributed by atoms with Gasteiger partial charge in [-0.25, -0.2) is 8.78 Å². The van der Waals surface area contributed by atoms with Crippen LogP contribution in [0.25, 0.3) is 0 Å². The molecule has 2 nitrogen and oxygen atoms in total. The van der Waals surface area contributed by atoms with Crippen LogP contribution >= 0.6 is 0 Å². The molecule has 2 rings (SSSR count). The number of nitrogens with one attached hydrogen (secondary N) is 1. The van der Waals surface area contributed by atoms with Crippen LogP contribution in [0.3, 0.4) is 0 Å². The van der Waals surface area contributed by atoms with Crippen molar-refractivity contribution in [3.63, 3.8) is 0 Å². The maximum atomic E-state index is 13.3. The number of ether oxygens (including phenoxy) is 1. The van der Waals surface area contributed by atoms with Crippen LogP contribution in [0.1, 0.15) is 0 Å². The molecule has 0 saturated carbocycles. The smallest absolute Gasteiger partial charge is 0.203 e. The van der Waals surface area contributed by atoms with Crippen LogP contribution < -0.4 is 15.5 Å². The molecule has 0 atom stereocenters. The lowest BCUT2D eigenvalue weighted by Crippen LogP contribution is -2.50. The fraction of sp³-hybridized carbons (Fsp3) is 0.333. The first-order chi connectivity index (χ1) is 7.52. The average Bonchev–Trinajstić information content (AvgIpc) is 2.21. The normalized spacial score (nSPS) is 16.0. The summed E-state index contributed by atoms with van der Waals surface area (Å²) < 4.78 is 57.7. The lowest BCUT2D eigenvalue weighted by atomic mass is 9.94. The molecule has 1 aliphatic rings. The van der Waals surface area contributed by atoms with E-state index in [1.54, 1.807) is 0 Å². The van der Waals surface area contributed by atoms with Gasteiger partial charge in [-0.3, -0.25) is 0 Å². The van der Waals surface area contributed by atoms with E-state index in [1.807, 2.05) is 0 Å². The summed E-state index contributed by atoms with van der Waals surface area (Å²) >= 11 is 0. The molecule has 1 saturated heterocycles. The van der Waals surface area contributed by atoms with Crippen molar-refractivity contribution in [2.75, 3.05) is 13.1 Å². The summed E-state index contributed by atoms with van der Waals surface area (Å²) in [6.07, 6.45) is -0.453. The molecule has 7 heteroatoms. The zero-order valence-corrected chi connectivity index (χ0v) is 8.41. The fourth-order valence-corrected chi connectivity index (χ4v) is 1.34. The highest BCUT2D eigenvalue weighted by atomic mass is 19.2. The summed E-state index contributed by atoms with van der Waals surface area (Å²) in [7, 11) is 0.964. The first-order valence-corrected chi connectivity index (χ1v) is 4.72. The molecule has 1 N–H and O–H groups in total. The predicted molar refractivity (Wildman–Crippen MR) is 51.7 cm³/mol. The van der Waals surface area contributed by atoms with E-state index in [0.717, 1.165) is 7.85 Å². The van der Waals surface area contributed by atoms with Crippen LogP contribution in [0.15, 0.2) is 0 Å². The van der Waals surface area contributed by atoms with Crippen LogP contribution in [-0.4, -0.2) is 27.0 Å². The number of rotatable bonds is 2. The number of benzene rings is 1. The summed E-state index contributed by atoms with van der Waals surface area (Å²) in [5.41, 5.74) is -0.686. The Bertz CT molecular complexity index is 407. The molecule has 0 radical (unpaired) electrons. The molecule has 0 spiro atoms. The molecule has 1 heterocycles. The quantitative estimate of drug-likeness (QED) is 0.435. The van der Waals surface area contributed by atoms with Gasteiger partial charge < -0.3 is 10.1 Å². The van der Waals surface area contributed by atoms with E-state index in [1.165, 1.54) is 0 Å². The van der Waals surface area contributed by atoms with Crippen molar-refractivity contribution in [3.8, 4) is 5.75 Å². The second-order valence-corrected chi connectivity index (χ2v) is 3.61. The Labute approximate surface area is 90.0 Å². The molecule has 1 aromatic carbocycles. The maximum Gasteiger partial charge on any atom is 0.203 e. The third-order valence-electron chi connectivity index (χ3n) is 2.47. The van der Waals surface area contributed by atoms with E-state index in [-0.39, 0.29) is 0 Å². The molecule has 0 aromatic heterocycles. The van der Waals surface area contributed by atoms with E-state index in [4.69, 9.17) is 4.74 Å². The van der Waals surface area contributed by atoms with E-state index < -0.39 is 40.6 Å². The Morgan fingerprint density at radius 1 is 1.00 bits per heavy atom. The van der Waals surface area contributed by atoms with Crippen LogP contribution in [0.5, 0.6) is 5.75 Å². The van der Waals surface area contributed by atoms with Crippen molar-refractivity contribution >= 4 is 13.3 Å². The molecule has 0 aliphatic carbocycles. The second kappa shape index (κ2) is 3.97. The van der Waals surface area contributed by atoms with Crippen LogP contribution in [0.4, 0.5) is 17.6 Å². The van der Waals surface area contributed by atoms with Crippen LogP contribution in [-0.2, 0) is 0 Å². The minimum atomic E-state index is -1.48. The number of hydrogen-bond acceptors (Lipinski definition) is 2. The van der Waals surface area contributed by atoms with Gasteiger partial charge in [-0.1, -0.05) is 0 Å².